The van der Waals surface area contributed by atoms with Crippen LogP contribution in [0.25, 0.3) is 0 Å². The maximum atomic E-state index is 6.11. The number of hydrogen-bond donors (Lipinski definition) is 2. The van der Waals surface area contributed by atoms with Gasteiger partial charge in [-0.3, -0.25) is 4.99 Å². The predicted molar refractivity (Wildman–Crippen MR) is 112 cm³/mol. The highest BCUT2D eigenvalue weighted by Crippen LogP contribution is 2.41. The molecule has 2 heterocycles. The molecule has 1 aromatic carbocycles. The van der Waals surface area contributed by atoms with Crippen molar-refractivity contribution in [2.24, 2.45) is 16.6 Å². The molecule has 1 aliphatic carbocycles. The van der Waals surface area contributed by atoms with Crippen LogP contribution in [0.3, 0.4) is 0 Å². The van der Waals surface area contributed by atoms with Crippen molar-refractivity contribution in [3.63, 3.8) is 0 Å². The second-order valence-corrected chi connectivity index (χ2v) is 7.34. The molecular weight excluding hydrogens is 445 g/mol. The Kier molecular flexibility index (Phi) is 6.50. The number of rotatable bonds is 5. The first-order valence-electron chi connectivity index (χ1n) is 9.27. The summed E-state index contributed by atoms with van der Waals surface area (Å²) >= 11 is 0. The summed E-state index contributed by atoms with van der Waals surface area (Å²) in [5.41, 5.74) is 7.29. The number of hydrogen-bond acceptors (Lipinski definition) is 4. The van der Waals surface area contributed by atoms with Crippen LogP contribution in [0.5, 0.6) is 11.5 Å². The number of benzene rings is 1. The van der Waals surface area contributed by atoms with E-state index in [9.17, 15) is 0 Å². The third kappa shape index (κ3) is 4.19. The number of guanidine groups is 1. The van der Waals surface area contributed by atoms with Crippen LogP contribution in [0.2, 0.25) is 0 Å². The van der Waals surface area contributed by atoms with Crippen LogP contribution in [0.1, 0.15) is 37.7 Å². The SMILES string of the molecule is I.NC(=NCC1(c2ccc3c(c2)OCO3)CCOCC1)NCC1CCC1. The summed E-state index contributed by atoms with van der Waals surface area (Å²) in [6.45, 7) is 3.40. The molecule has 0 radical (unpaired) electrons. The van der Waals surface area contributed by atoms with Crippen LogP contribution in [0, 0.1) is 5.92 Å². The molecule has 4 rings (SSSR count). The molecule has 26 heavy (non-hydrogen) atoms. The Hall–Kier alpha value is -1.22. The number of nitrogens with one attached hydrogen (secondary N) is 1. The van der Waals surface area contributed by atoms with E-state index in [0.717, 1.165) is 50.0 Å². The number of aliphatic imine (C=N–C) groups is 1. The monoisotopic (exact) mass is 473 g/mol. The molecule has 0 bridgehead atoms. The van der Waals surface area contributed by atoms with E-state index in [-0.39, 0.29) is 29.4 Å². The fraction of sp³-hybridized carbons (Fsp3) is 0.632. The Bertz CT molecular complexity index is 643. The van der Waals surface area contributed by atoms with Gasteiger partial charge < -0.3 is 25.3 Å². The Morgan fingerprint density at radius 2 is 1.96 bits per heavy atom. The van der Waals surface area contributed by atoms with Crippen molar-refractivity contribution in [2.75, 3.05) is 33.1 Å². The standard InChI is InChI=1S/C19H27N3O3.HI/c20-18(21-11-14-2-1-3-14)22-12-19(6-8-23-9-7-19)15-4-5-16-17(10-15)25-13-24-16;/h4-5,10,14H,1-3,6-9,11-13H2,(H3,20,21,22);1H. The van der Waals surface area contributed by atoms with Gasteiger partial charge in [-0.05, 0) is 49.3 Å². The number of nitrogens with zero attached hydrogens (tertiary/aromatic N) is 1. The molecule has 3 N–H and O–H groups in total. The molecule has 0 unspecified atom stereocenters. The minimum Gasteiger partial charge on any atom is -0.454 e. The van der Waals surface area contributed by atoms with Crippen molar-refractivity contribution in [1.29, 1.82) is 0 Å². The summed E-state index contributed by atoms with van der Waals surface area (Å²) in [5.74, 6) is 2.96. The largest absolute Gasteiger partial charge is 0.454 e. The average Bonchev–Trinajstić information content (AvgIpc) is 3.07. The number of ether oxygens (including phenoxy) is 3. The Morgan fingerprint density at radius 1 is 1.19 bits per heavy atom. The second-order valence-electron chi connectivity index (χ2n) is 7.34. The summed E-state index contributed by atoms with van der Waals surface area (Å²) in [7, 11) is 0. The fourth-order valence-corrected chi connectivity index (χ4v) is 3.76. The van der Waals surface area contributed by atoms with Gasteiger partial charge in [0.1, 0.15) is 0 Å². The molecule has 7 heteroatoms. The highest BCUT2D eigenvalue weighted by Gasteiger charge is 2.35. The smallest absolute Gasteiger partial charge is 0.231 e. The number of nitrogens with two attached hydrogens (primary N) is 1. The molecule has 2 aliphatic heterocycles. The Labute approximate surface area is 171 Å². The van der Waals surface area contributed by atoms with Gasteiger partial charge in [0.2, 0.25) is 6.79 Å². The average molecular weight is 473 g/mol. The lowest BCUT2D eigenvalue weighted by molar-refractivity contribution is 0.0530. The molecule has 1 aromatic rings. The highest BCUT2D eigenvalue weighted by atomic mass is 127. The first kappa shape index (κ1) is 19.5. The molecule has 1 saturated carbocycles. The number of fused-ring (bicyclic) bond motifs is 1. The van der Waals surface area contributed by atoms with Gasteiger partial charge in [0.25, 0.3) is 0 Å². The zero-order valence-corrected chi connectivity index (χ0v) is 17.4. The molecule has 6 nitrogen and oxygen atoms in total. The summed E-state index contributed by atoms with van der Waals surface area (Å²) < 4.78 is 16.6. The number of halogens is 1. The quantitative estimate of drug-likeness (QED) is 0.391. The van der Waals surface area contributed by atoms with E-state index < -0.39 is 0 Å². The van der Waals surface area contributed by atoms with E-state index in [1.165, 1.54) is 24.8 Å². The van der Waals surface area contributed by atoms with Crippen molar-refractivity contribution in [2.45, 2.75) is 37.5 Å². The van der Waals surface area contributed by atoms with E-state index in [4.69, 9.17) is 19.9 Å². The molecule has 0 aromatic heterocycles. The maximum absolute atomic E-state index is 6.11. The normalized spacial score (nSPS) is 21.6. The lowest BCUT2D eigenvalue weighted by Crippen LogP contribution is -2.40. The summed E-state index contributed by atoms with van der Waals surface area (Å²) in [6.07, 6.45) is 5.83. The fourth-order valence-electron chi connectivity index (χ4n) is 3.76. The molecular formula is C19H28IN3O3. The molecule has 144 valence electrons. The second kappa shape index (κ2) is 8.65. The molecule has 0 atom stereocenters. The van der Waals surface area contributed by atoms with Crippen molar-refractivity contribution in [1.82, 2.24) is 5.32 Å². The van der Waals surface area contributed by atoms with Crippen molar-refractivity contribution < 1.29 is 14.2 Å². The molecule has 0 spiro atoms. The summed E-state index contributed by atoms with van der Waals surface area (Å²) in [5, 5.41) is 3.29. The molecule has 3 aliphatic rings. The minimum atomic E-state index is -0.0536. The van der Waals surface area contributed by atoms with Gasteiger partial charge >= 0.3 is 0 Å². The van der Waals surface area contributed by atoms with Crippen LogP contribution >= 0.6 is 24.0 Å². The van der Waals surface area contributed by atoms with Gasteiger partial charge in [-0.2, -0.15) is 0 Å². The van der Waals surface area contributed by atoms with Crippen LogP contribution in [0.15, 0.2) is 23.2 Å². The van der Waals surface area contributed by atoms with Crippen LogP contribution in [-0.4, -0.2) is 39.1 Å². The lowest BCUT2D eigenvalue weighted by Gasteiger charge is -2.36. The predicted octanol–water partition coefficient (Wildman–Crippen LogP) is 2.79. The van der Waals surface area contributed by atoms with Gasteiger partial charge in [0.05, 0.1) is 6.54 Å². The van der Waals surface area contributed by atoms with E-state index in [2.05, 4.69) is 22.4 Å². The van der Waals surface area contributed by atoms with Crippen molar-refractivity contribution >= 4 is 29.9 Å². The van der Waals surface area contributed by atoms with Gasteiger partial charge in [-0.1, -0.05) is 12.5 Å². The van der Waals surface area contributed by atoms with E-state index in [1.807, 2.05) is 6.07 Å². The topological polar surface area (TPSA) is 78.1 Å². The van der Waals surface area contributed by atoms with Gasteiger partial charge in [0.15, 0.2) is 17.5 Å². The van der Waals surface area contributed by atoms with Crippen LogP contribution in [-0.2, 0) is 10.2 Å². The van der Waals surface area contributed by atoms with Gasteiger partial charge in [-0.15, -0.1) is 24.0 Å². The maximum Gasteiger partial charge on any atom is 0.231 e. The van der Waals surface area contributed by atoms with Crippen LogP contribution < -0.4 is 20.5 Å². The van der Waals surface area contributed by atoms with Gasteiger partial charge in [0, 0.05) is 25.2 Å². The first-order chi connectivity index (χ1) is 12.3. The van der Waals surface area contributed by atoms with Crippen molar-refractivity contribution in [3.8, 4) is 11.5 Å². The summed E-state index contributed by atoms with van der Waals surface area (Å²) in [4.78, 5) is 4.68. The molecule has 1 saturated heterocycles. The van der Waals surface area contributed by atoms with E-state index >= 15 is 0 Å². The third-order valence-electron chi connectivity index (χ3n) is 5.78. The molecule has 2 fully saturated rings. The van der Waals surface area contributed by atoms with Gasteiger partial charge in [-0.25, -0.2) is 0 Å². The van der Waals surface area contributed by atoms with Crippen LogP contribution in [0.4, 0.5) is 0 Å². The van der Waals surface area contributed by atoms with Crippen molar-refractivity contribution in [3.05, 3.63) is 23.8 Å². The lowest BCUT2D eigenvalue weighted by atomic mass is 9.74. The third-order valence-corrected chi connectivity index (χ3v) is 5.78. The zero-order chi connectivity index (χ0) is 17.1. The van der Waals surface area contributed by atoms with E-state index in [0.29, 0.717) is 19.3 Å². The molecule has 0 amide bonds. The van der Waals surface area contributed by atoms with E-state index in [1.54, 1.807) is 0 Å². The first-order valence-corrected chi connectivity index (χ1v) is 9.27. The Balaban J connectivity index is 0.00000196. The minimum absolute atomic E-state index is 0. The highest BCUT2D eigenvalue weighted by molar-refractivity contribution is 14.0. The zero-order valence-electron chi connectivity index (χ0n) is 15.0. The Morgan fingerprint density at radius 3 is 2.69 bits per heavy atom. The summed E-state index contributed by atoms with van der Waals surface area (Å²) in [6, 6.07) is 6.23.